The molecule has 0 saturated heterocycles. The second kappa shape index (κ2) is 9.17. The number of halogens is 1. The van der Waals surface area contributed by atoms with E-state index in [2.05, 4.69) is 26.5 Å². The van der Waals surface area contributed by atoms with Crippen LogP contribution in [0.1, 0.15) is 29.4 Å². The number of nitriles is 1. The average Bonchev–Trinajstić information content (AvgIpc) is 3.55. The van der Waals surface area contributed by atoms with Gasteiger partial charge in [0.15, 0.2) is 0 Å². The molecular weight excluding hydrogens is 434 g/mol. The number of nitrogens with two attached hydrogens (primary N) is 1. The number of H-pyrrole nitrogens is 1. The van der Waals surface area contributed by atoms with E-state index >= 15 is 0 Å². The van der Waals surface area contributed by atoms with Gasteiger partial charge in [-0.1, -0.05) is 0 Å². The second-order valence-electron chi connectivity index (χ2n) is 7.14. The maximum absolute atomic E-state index is 11.4. The van der Waals surface area contributed by atoms with Crippen molar-refractivity contribution >= 4 is 23.0 Å². The third-order valence-corrected chi connectivity index (χ3v) is 5.46. The van der Waals surface area contributed by atoms with Crippen LogP contribution in [-0.4, -0.2) is 59.6 Å². The number of carbonyl (C=O) groups is 1. The lowest BCUT2D eigenvalue weighted by Gasteiger charge is -2.19. The number of aromatic nitrogens is 7. The summed E-state index contributed by atoms with van der Waals surface area (Å²) in [7, 11) is 1.59. The molecule has 0 spiro atoms. The highest BCUT2D eigenvalue weighted by Crippen LogP contribution is 2.28. The first kappa shape index (κ1) is 21.5. The molecule has 0 aliphatic heterocycles. The van der Waals surface area contributed by atoms with Gasteiger partial charge in [0.1, 0.15) is 17.1 Å². The molecule has 2 atom stereocenters. The van der Waals surface area contributed by atoms with E-state index in [4.69, 9.17) is 27.1 Å². The van der Waals surface area contributed by atoms with Crippen molar-refractivity contribution in [2.75, 3.05) is 13.0 Å². The van der Waals surface area contributed by atoms with Crippen LogP contribution < -0.4 is 5.73 Å². The number of alkyl halides is 1. The molecule has 0 aliphatic rings. The fraction of sp³-hybridized carbons (Fsp3) is 0.300. The standard InChI is InChI=1S/C20H20ClN9O2/c1-32-14(8-21)6-13(2-4-22)29-10-12(9-25-29)19-18-3-5-24-30(18)11-17(26-19)15-7-16(20(23)31)28-27-15/h3,5,7,9-11,13-14H,2,6,8H2,1H3,(H2,23,31)(H,27,28)/t13-,14+/m0/s1. The summed E-state index contributed by atoms with van der Waals surface area (Å²) in [6, 6.07) is 5.37. The number of fused-ring (bicyclic) bond motifs is 1. The topological polar surface area (TPSA) is 153 Å². The number of aromatic amines is 1. The third kappa shape index (κ3) is 4.18. The minimum Gasteiger partial charge on any atom is -0.380 e. The largest absolute Gasteiger partial charge is 0.380 e. The number of nitrogens with zero attached hydrogens (tertiary/aromatic N) is 7. The normalized spacial score (nSPS) is 13.2. The predicted molar refractivity (Wildman–Crippen MR) is 116 cm³/mol. The maximum Gasteiger partial charge on any atom is 0.266 e. The van der Waals surface area contributed by atoms with Gasteiger partial charge in [0.25, 0.3) is 5.91 Å². The quantitative estimate of drug-likeness (QED) is 0.368. The summed E-state index contributed by atoms with van der Waals surface area (Å²) in [5, 5.41) is 24.8. The summed E-state index contributed by atoms with van der Waals surface area (Å²) in [5.41, 5.74) is 8.59. The molecule has 0 aromatic carbocycles. The zero-order chi connectivity index (χ0) is 22.7. The molecule has 4 heterocycles. The van der Waals surface area contributed by atoms with E-state index in [1.807, 2.05) is 12.3 Å². The molecule has 0 bridgehead atoms. The highest BCUT2D eigenvalue weighted by molar-refractivity contribution is 6.18. The van der Waals surface area contributed by atoms with Crippen molar-refractivity contribution in [3.63, 3.8) is 0 Å². The monoisotopic (exact) mass is 453 g/mol. The zero-order valence-electron chi connectivity index (χ0n) is 17.1. The Kier molecular flexibility index (Phi) is 6.16. The van der Waals surface area contributed by atoms with Crippen molar-refractivity contribution in [3.05, 3.63) is 42.6 Å². The molecule has 0 unspecified atom stereocenters. The zero-order valence-corrected chi connectivity index (χ0v) is 17.9. The number of hydrogen-bond donors (Lipinski definition) is 2. The first-order chi connectivity index (χ1) is 15.5. The van der Waals surface area contributed by atoms with Crippen LogP contribution >= 0.6 is 11.6 Å². The smallest absolute Gasteiger partial charge is 0.266 e. The van der Waals surface area contributed by atoms with Gasteiger partial charge in [-0.05, 0) is 18.6 Å². The molecule has 4 aromatic rings. The van der Waals surface area contributed by atoms with Gasteiger partial charge in [-0.2, -0.15) is 20.6 Å². The maximum atomic E-state index is 11.4. The molecule has 12 heteroatoms. The number of ether oxygens (including phenoxy) is 1. The summed E-state index contributed by atoms with van der Waals surface area (Å²) in [4.78, 5) is 16.1. The van der Waals surface area contributed by atoms with Crippen molar-refractivity contribution in [1.82, 2.24) is 34.6 Å². The van der Waals surface area contributed by atoms with Gasteiger partial charge in [0.2, 0.25) is 0 Å². The van der Waals surface area contributed by atoms with E-state index in [1.165, 1.54) is 6.07 Å². The van der Waals surface area contributed by atoms with Gasteiger partial charge in [0, 0.05) is 24.8 Å². The molecule has 3 N–H and O–H groups in total. The van der Waals surface area contributed by atoms with Gasteiger partial charge in [-0.15, -0.1) is 11.6 Å². The second-order valence-corrected chi connectivity index (χ2v) is 7.45. The Hall–Kier alpha value is -3.75. The molecular formula is C20H20ClN9O2. The van der Waals surface area contributed by atoms with E-state index in [0.29, 0.717) is 29.4 Å². The van der Waals surface area contributed by atoms with E-state index in [9.17, 15) is 10.1 Å². The SMILES string of the molecule is CO[C@@H](CCl)C[C@H](CC#N)n1cc(-c2nc(-c3cc(C(N)=O)[nH]n3)cn3nccc23)cn1. The van der Waals surface area contributed by atoms with Crippen molar-refractivity contribution < 1.29 is 9.53 Å². The first-order valence-corrected chi connectivity index (χ1v) is 10.3. The van der Waals surface area contributed by atoms with Gasteiger partial charge in [-0.25, -0.2) is 9.50 Å². The summed E-state index contributed by atoms with van der Waals surface area (Å²) in [5.74, 6) is -0.288. The number of nitrogens with one attached hydrogen (secondary N) is 1. The Balaban J connectivity index is 1.73. The van der Waals surface area contributed by atoms with Crippen LogP contribution in [0.25, 0.3) is 28.2 Å². The highest BCUT2D eigenvalue weighted by atomic mass is 35.5. The fourth-order valence-electron chi connectivity index (χ4n) is 3.42. The van der Waals surface area contributed by atoms with Gasteiger partial charge >= 0.3 is 0 Å². The van der Waals surface area contributed by atoms with Crippen LogP contribution in [0.5, 0.6) is 0 Å². The van der Waals surface area contributed by atoms with Crippen LogP contribution in [0.2, 0.25) is 0 Å². The summed E-state index contributed by atoms with van der Waals surface area (Å²) in [6.07, 6.45) is 7.52. The highest BCUT2D eigenvalue weighted by Gasteiger charge is 2.20. The third-order valence-electron chi connectivity index (χ3n) is 5.11. The Labute approximate surface area is 187 Å². The van der Waals surface area contributed by atoms with Crippen LogP contribution in [0.15, 0.2) is 36.9 Å². The number of rotatable bonds is 9. The molecule has 4 rings (SSSR count). The van der Waals surface area contributed by atoms with Crippen molar-refractivity contribution in [3.8, 4) is 28.7 Å². The molecule has 1 amide bonds. The van der Waals surface area contributed by atoms with Crippen molar-refractivity contribution in [1.29, 1.82) is 5.26 Å². The lowest BCUT2D eigenvalue weighted by molar-refractivity contribution is 0.0975. The van der Waals surface area contributed by atoms with Gasteiger partial charge in [0.05, 0.1) is 54.4 Å². The molecule has 4 aromatic heterocycles. The molecule has 164 valence electrons. The number of carbonyl (C=O) groups excluding carboxylic acids is 1. The number of primary amides is 1. The Morgan fingerprint density at radius 3 is 2.91 bits per heavy atom. The number of hydrogen-bond acceptors (Lipinski definition) is 7. The lowest BCUT2D eigenvalue weighted by Crippen LogP contribution is -2.20. The molecule has 0 saturated carbocycles. The summed E-state index contributed by atoms with van der Waals surface area (Å²) >= 11 is 5.96. The summed E-state index contributed by atoms with van der Waals surface area (Å²) in [6.45, 7) is 0. The van der Waals surface area contributed by atoms with Crippen LogP contribution in [0, 0.1) is 11.3 Å². The number of amides is 1. The van der Waals surface area contributed by atoms with E-state index < -0.39 is 5.91 Å². The van der Waals surface area contributed by atoms with Gasteiger partial charge in [-0.3, -0.25) is 14.6 Å². The molecule has 11 nitrogen and oxygen atoms in total. The van der Waals surface area contributed by atoms with E-state index in [-0.39, 0.29) is 24.3 Å². The average molecular weight is 454 g/mol. The van der Waals surface area contributed by atoms with Crippen LogP contribution in [0.4, 0.5) is 0 Å². The molecule has 0 radical (unpaired) electrons. The Morgan fingerprint density at radius 2 is 2.22 bits per heavy atom. The predicted octanol–water partition coefficient (Wildman–Crippen LogP) is 2.18. The minimum atomic E-state index is -0.611. The Bertz CT molecular complexity index is 1280. The minimum absolute atomic E-state index is 0.183. The lowest BCUT2D eigenvalue weighted by atomic mass is 10.1. The molecule has 32 heavy (non-hydrogen) atoms. The summed E-state index contributed by atoms with van der Waals surface area (Å²) < 4.78 is 8.78. The van der Waals surface area contributed by atoms with E-state index in [1.54, 1.807) is 34.9 Å². The van der Waals surface area contributed by atoms with Crippen LogP contribution in [0.3, 0.4) is 0 Å². The molecule has 0 aliphatic carbocycles. The molecule has 0 fully saturated rings. The number of methoxy groups -OCH3 is 1. The Morgan fingerprint density at radius 1 is 1.38 bits per heavy atom. The van der Waals surface area contributed by atoms with E-state index in [0.717, 1.165) is 11.1 Å². The first-order valence-electron chi connectivity index (χ1n) is 9.74. The van der Waals surface area contributed by atoms with Crippen LogP contribution in [-0.2, 0) is 4.74 Å². The fourth-order valence-corrected chi connectivity index (χ4v) is 3.67. The van der Waals surface area contributed by atoms with Gasteiger partial charge < -0.3 is 10.5 Å². The van der Waals surface area contributed by atoms with Crippen molar-refractivity contribution in [2.45, 2.75) is 25.0 Å². The van der Waals surface area contributed by atoms with Crippen molar-refractivity contribution in [2.24, 2.45) is 5.73 Å².